The van der Waals surface area contributed by atoms with Crippen molar-refractivity contribution < 1.29 is 0 Å². The molecule has 0 saturated heterocycles. The standard InChI is InChI=1S/C11H21N.CH6Si/c1-2-6-10(7-3-1)12-11-8-4-5-9-11;1-2/h10-12H,1-9H2;1-2H3. The van der Waals surface area contributed by atoms with Gasteiger partial charge in [-0.25, -0.2) is 0 Å². The predicted molar refractivity (Wildman–Crippen MR) is 68.1 cm³/mol. The second-order valence-corrected chi connectivity index (χ2v) is 4.48. The third kappa shape index (κ3) is 4.14. The predicted octanol–water partition coefficient (Wildman–Crippen LogP) is 2.25. The molecule has 0 aromatic heterocycles. The van der Waals surface area contributed by atoms with E-state index in [1.54, 1.807) is 0 Å². The highest BCUT2D eigenvalue weighted by atomic mass is 28.1. The smallest absolute Gasteiger partial charge is 0.00696 e. The summed E-state index contributed by atoms with van der Waals surface area (Å²) in [5.41, 5.74) is 0. The Kier molecular flexibility index (Phi) is 6.53. The van der Waals surface area contributed by atoms with E-state index in [9.17, 15) is 0 Å². The van der Waals surface area contributed by atoms with Crippen LogP contribution in [0.25, 0.3) is 0 Å². The van der Waals surface area contributed by atoms with Crippen molar-refractivity contribution in [2.24, 2.45) is 0 Å². The Morgan fingerprint density at radius 3 is 1.50 bits per heavy atom. The van der Waals surface area contributed by atoms with Gasteiger partial charge in [-0.05, 0) is 35.9 Å². The minimum atomic E-state index is 0.877. The van der Waals surface area contributed by atoms with Crippen LogP contribution in [0.4, 0.5) is 0 Å². The maximum absolute atomic E-state index is 3.82. The van der Waals surface area contributed by atoms with Crippen molar-refractivity contribution in [3.63, 3.8) is 0 Å². The van der Waals surface area contributed by atoms with E-state index in [0.29, 0.717) is 0 Å². The van der Waals surface area contributed by atoms with Gasteiger partial charge in [0.2, 0.25) is 0 Å². The molecule has 0 bridgehead atoms. The van der Waals surface area contributed by atoms with Crippen molar-refractivity contribution in [1.29, 1.82) is 0 Å². The summed E-state index contributed by atoms with van der Waals surface area (Å²) in [6.07, 6.45) is 13.1. The van der Waals surface area contributed by atoms with Crippen molar-refractivity contribution in [2.45, 2.75) is 76.4 Å². The van der Waals surface area contributed by atoms with Crippen molar-refractivity contribution in [3.8, 4) is 0 Å². The highest BCUT2D eigenvalue weighted by Crippen LogP contribution is 2.22. The Morgan fingerprint density at radius 1 is 0.714 bits per heavy atom. The van der Waals surface area contributed by atoms with E-state index in [2.05, 4.69) is 11.9 Å². The lowest BCUT2D eigenvalue weighted by Gasteiger charge is -2.26. The van der Waals surface area contributed by atoms with Gasteiger partial charge in [0.25, 0.3) is 0 Å². The van der Waals surface area contributed by atoms with E-state index in [0.717, 1.165) is 12.1 Å². The summed E-state index contributed by atoms with van der Waals surface area (Å²) in [5, 5.41) is 3.82. The van der Waals surface area contributed by atoms with E-state index >= 15 is 0 Å². The number of hydrogen-bond donors (Lipinski definition) is 1. The molecule has 14 heavy (non-hydrogen) atoms. The fourth-order valence-electron chi connectivity index (χ4n) is 2.70. The van der Waals surface area contributed by atoms with Crippen LogP contribution in [-0.2, 0) is 0 Å². The molecule has 1 nitrogen and oxygen atoms in total. The molecule has 2 heteroatoms. The lowest BCUT2D eigenvalue weighted by Crippen LogP contribution is -2.37. The zero-order valence-corrected chi connectivity index (χ0v) is 12.0. The summed E-state index contributed by atoms with van der Waals surface area (Å²) >= 11 is 0. The van der Waals surface area contributed by atoms with Crippen LogP contribution < -0.4 is 5.32 Å². The number of hydrogen-bond acceptors (Lipinski definition) is 1. The van der Waals surface area contributed by atoms with Gasteiger partial charge in [0.15, 0.2) is 0 Å². The molecule has 0 heterocycles. The quantitative estimate of drug-likeness (QED) is 0.694. The van der Waals surface area contributed by atoms with Crippen LogP contribution in [0.2, 0.25) is 6.55 Å². The first-order valence-electron chi connectivity index (χ1n) is 6.71. The molecule has 0 radical (unpaired) electrons. The van der Waals surface area contributed by atoms with Crippen molar-refractivity contribution in [1.82, 2.24) is 5.32 Å². The molecule has 1 N–H and O–H groups in total. The lowest BCUT2D eigenvalue weighted by molar-refractivity contribution is 0.337. The van der Waals surface area contributed by atoms with Gasteiger partial charge in [0.1, 0.15) is 0 Å². The largest absolute Gasteiger partial charge is 0.311 e. The topological polar surface area (TPSA) is 12.0 Å². The second-order valence-electron chi connectivity index (χ2n) is 4.48. The van der Waals surface area contributed by atoms with E-state index in [4.69, 9.17) is 0 Å². The van der Waals surface area contributed by atoms with Crippen LogP contribution in [0, 0.1) is 0 Å². The van der Waals surface area contributed by atoms with E-state index in [1.807, 2.05) is 0 Å². The summed E-state index contributed by atoms with van der Waals surface area (Å²) < 4.78 is 0. The number of rotatable bonds is 2. The normalized spacial score (nSPS) is 24.6. The Hall–Kier alpha value is 0.177. The Bertz CT molecular complexity index is 126. The summed E-state index contributed by atoms with van der Waals surface area (Å²) in [6.45, 7) is 2.14. The monoisotopic (exact) mass is 213 g/mol. The minimum absolute atomic E-state index is 0.877. The van der Waals surface area contributed by atoms with Gasteiger partial charge in [-0.1, -0.05) is 38.7 Å². The summed E-state index contributed by atoms with van der Waals surface area (Å²) in [4.78, 5) is 0. The number of nitrogens with one attached hydrogen (secondary N) is 1. The Balaban J connectivity index is 0.000000461. The molecule has 0 spiro atoms. The summed E-state index contributed by atoms with van der Waals surface area (Å²) in [6, 6.07) is 1.76. The zero-order chi connectivity index (χ0) is 10.2. The lowest BCUT2D eigenvalue weighted by atomic mass is 9.95. The van der Waals surface area contributed by atoms with E-state index in [1.165, 1.54) is 68.0 Å². The average Bonchev–Trinajstić information content (AvgIpc) is 2.75. The maximum atomic E-state index is 3.82. The molecule has 2 rings (SSSR count). The molecule has 2 fully saturated rings. The molecule has 0 aliphatic heterocycles. The first-order valence-corrected chi connectivity index (χ1v) is 8.71. The summed E-state index contributed by atoms with van der Waals surface area (Å²) in [5.74, 6) is 0. The SMILES string of the molecule is C1CCC(NC2CCCC2)CC1.C[SiH3]. The third-order valence-corrected chi connectivity index (χ3v) is 3.43. The van der Waals surface area contributed by atoms with Gasteiger partial charge >= 0.3 is 0 Å². The van der Waals surface area contributed by atoms with Crippen LogP contribution in [0.1, 0.15) is 57.8 Å². The highest BCUT2D eigenvalue weighted by Gasteiger charge is 2.20. The molecule has 0 aromatic rings. The van der Waals surface area contributed by atoms with Gasteiger partial charge in [-0.3, -0.25) is 0 Å². The molecule has 0 unspecified atom stereocenters. The highest BCUT2D eigenvalue weighted by molar-refractivity contribution is 6.05. The van der Waals surface area contributed by atoms with Gasteiger partial charge < -0.3 is 5.32 Å². The molecular weight excluding hydrogens is 186 g/mol. The summed E-state index contributed by atoms with van der Waals surface area (Å²) in [7, 11) is 1.31. The Labute approximate surface area is 92.5 Å². The minimum Gasteiger partial charge on any atom is -0.311 e. The first-order chi connectivity index (χ1) is 6.95. The van der Waals surface area contributed by atoms with Crippen LogP contribution in [0.3, 0.4) is 0 Å². The zero-order valence-electron chi connectivity index (χ0n) is 10.0. The van der Waals surface area contributed by atoms with Crippen LogP contribution >= 0.6 is 0 Å². The molecule has 0 amide bonds. The van der Waals surface area contributed by atoms with Crippen LogP contribution in [0.5, 0.6) is 0 Å². The molecular formula is C12H27NSi. The van der Waals surface area contributed by atoms with Crippen molar-refractivity contribution >= 4 is 10.2 Å². The fraction of sp³-hybridized carbons (Fsp3) is 1.00. The molecule has 2 aliphatic carbocycles. The molecule has 0 atom stereocenters. The van der Waals surface area contributed by atoms with Crippen molar-refractivity contribution in [2.75, 3.05) is 0 Å². The van der Waals surface area contributed by atoms with Gasteiger partial charge in [-0.15, -0.1) is 0 Å². The maximum Gasteiger partial charge on any atom is 0.00696 e. The van der Waals surface area contributed by atoms with Gasteiger partial charge in [0, 0.05) is 12.1 Å². The second kappa shape index (κ2) is 7.47. The first kappa shape index (κ1) is 12.2. The molecule has 84 valence electrons. The van der Waals surface area contributed by atoms with Crippen LogP contribution in [0.15, 0.2) is 0 Å². The third-order valence-electron chi connectivity index (χ3n) is 3.43. The van der Waals surface area contributed by atoms with Crippen molar-refractivity contribution in [3.05, 3.63) is 0 Å². The van der Waals surface area contributed by atoms with E-state index < -0.39 is 0 Å². The van der Waals surface area contributed by atoms with E-state index in [-0.39, 0.29) is 0 Å². The molecule has 2 saturated carbocycles. The average molecular weight is 213 g/mol. The fourth-order valence-corrected chi connectivity index (χ4v) is 2.70. The van der Waals surface area contributed by atoms with Gasteiger partial charge in [0.05, 0.1) is 0 Å². The van der Waals surface area contributed by atoms with Crippen LogP contribution in [-0.4, -0.2) is 22.3 Å². The Morgan fingerprint density at radius 2 is 1.07 bits per heavy atom. The molecule has 0 aromatic carbocycles. The molecule has 2 aliphatic rings. The van der Waals surface area contributed by atoms with Gasteiger partial charge in [-0.2, -0.15) is 0 Å².